The summed E-state index contributed by atoms with van der Waals surface area (Å²) in [7, 11) is 0. The van der Waals surface area contributed by atoms with Gasteiger partial charge in [0, 0.05) is 49.5 Å². The van der Waals surface area contributed by atoms with Crippen molar-refractivity contribution >= 4 is 23.0 Å². The highest BCUT2D eigenvalue weighted by molar-refractivity contribution is 5.97. The predicted octanol–water partition coefficient (Wildman–Crippen LogP) is 2.70. The molecule has 2 aliphatic heterocycles. The monoisotopic (exact) mass is 421 g/mol. The highest BCUT2D eigenvalue weighted by atomic mass is 16.6. The molecule has 8 heteroatoms. The van der Waals surface area contributed by atoms with E-state index in [1.165, 1.54) is 12.0 Å². The summed E-state index contributed by atoms with van der Waals surface area (Å²) in [6.45, 7) is 5.51. The van der Waals surface area contributed by atoms with Crippen molar-refractivity contribution in [1.29, 1.82) is 0 Å². The number of nitrogens with zero attached hydrogens (tertiary/aromatic N) is 4. The first-order valence-corrected chi connectivity index (χ1v) is 11.3. The van der Waals surface area contributed by atoms with Crippen molar-refractivity contribution in [1.82, 2.24) is 25.2 Å². The van der Waals surface area contributed by atoms with E-state index in [0.29, 0.717) is 67.5 Å². The van der Waals surface area contributed by atoms with Gasteiger partial charge in [-0.1, -0.05) is 23.8 Å². The highest BCUT2D eigenvalue weighted by Gasteiger charge is 2.48. The Labute approximate surface area is 180 Å². The Morgan fingerprint density at radius 3 is 2.71 bits per heavy atom. The van der Waals surface area contributed by atoms with Crippen LogP contribution in [0.3, 0.4) is 0 Å². The van der Waals surface area contributed by atoms with E-state index in [4.69, 9.17) is 4.74 Å². The third-order valence-corrected chi connectivity index (χ3v) is 7.64. The number of amides is 2. The zero-order valence-electron chi connectivity index (χ0n) is 17.7. The van der Waals surface area contributed by atoms with Crippen LogP contribution in [0.5, 0.6) is 0 Å². The van der Waals surface area contributed by atoms with E-state index < -0.39 is 0 Å². The molecule has 2 amide bonds. The average molecular weight is 422 g/mol. The van der Waals surface area contributed by atoms with Gasteiger partial charge in [-0.3, -0.25) is 9.89 Å². The minimum atomic E-state index is -0.193. The molecule has 0 radical (unpaired) electrons. The van der Waals surface area contributed by atoms with Crippen LogP contribution in [0, 0.1) is 29.6 Å². The maximum atomic E-state index is 12.9. The van der Waals surface area contributed by atoms with Crippen LogP contribution in [-0.4, -0.2) is 70.0 Å². The molecule has 1 N–H and O–H groups in total. The van der Waals surface area contributed by atoms with Gasteiger partial charge in [-0.05, 0) is 42.9 Å². The van der Waals surface area contributed by atoms with Crippen LogP contribution in [0.15, 0.2) is 29.8 Å². The average Bonchev–Trinajstić information content (AvgIpc) is 3.15. The van der Waals surface area contributed by atoms with Crippen LogP contribution in [0.1, 0.15) is 30.1 Å². The normalized spacial score (nSPS) is 31.4. The number of carbonyl (C=O) groups is 2. The fourth-order valence-electron chi connectivity index (χ4n) is 5.80. The zero-order valence-corrected chi connectivity index (χ0v) is 17.7. The number of aromatic amines is 1. The Bertz CT molecular complexity index is 1060. The Hall–Kier alpha value is -2.90. The van der Waals surface area contributed by atoms with Crippen LogP contribution in [0.25, 0.3) is 11.0 Å². The second-order valence-corrected chi connectivity index (χ2v) is 9.75. The zero-order chi connectivity index (χ0) is 21.1. The van der Waals surface area contributed by atoms with Gasteiger partial charge in [-0.25, -0.2) is 4.79 Å². The van der Waals surface area contributed by atoms with Gasteiger partial charge < -0.3 is 14.5 Å². The number of H-pyrrole nitrogens is 1. The third-order valence-electron chi connectivity index (χ3n) is 7.64. The van der Waals surface area contributed by atoms with E-state index in [1.54, 1.807) is 6.07 Å². The molecule has 31 heavy (non-hydrogen) atoms. The van der Waals surface area contributed by atoms with Crippen molar-refractivity contribution in [3.05, 3.63) is 35.4 Å². The second-order valence-electron chi connectivity index (χ2n) is 9.75. The molecule has 4 aliphatic rings. The molecule has 3 heterocycles. The number of allylic oxidation sites excluding steroid dienone is 1. The molecule has 2 aromatic rings. The maximum Gasteiger partial charge on any atom is 0.409 e. The molecule has 0 bridgehead atoms. The van der Waals surface area contributed by atoms with E-state index in [9.17, 15) is 9.59 Å². The van der Waals surface area contributed by atoms with E-state index >= 15 is 0 Å². The molecular weight excluding hydrogens is 394 g/mol. The lowest BCUT2D eigenvalue weighted by Crippen LogP contribution is -2.36. The molecule has 1 saturated carbocycles. The molecule has 162 valence electrons. The molecule has 3 fully saturated rings. The lowest BCUT2D eigenvalue weighted by atomic mass is 9.96. The largest absolute Gasteiger partial charge is 0.449 e. The number of ether oxygens (including phenoxy) is 1. The third kappa shape index (κ3) is 3.28. The van der Waals surface area contributed by atoms with Gasteiger partial charge in [0.25, 0.3) is 5.91 Å². The Morgan fingerprint density at radius 1 is 1.16 bits per heavy atom. The Morgan fingerprint density at radius 2 is 1.94 bits per heavy atom. The molecule has 3 unspecified atom stereocenters. The lowest BCUT2D eigenvalue weighted by Gasteiger charge is -2.21. The minimum absolute atomic E-state index is 0.0206. The number of fused-ring (bicyclic) bond motifs is 3. The fraction of sp³-hybridized carbons (Fsp3) is 0.565. The van der Waals surface area contributed by atoms with Gasteiger partial charge in [0.2, 0.25) is 0 Å². The Kier molecular flexibility index (Phi) is 4.30. The first-order valence-electron chi connectivity index (χ1n) is 11.3. The SMILES string of the molecule is CC1CC=C2C(COC(=O)N3C[C@@H]4CN(C(=O)c5ccc6[nH]nnc6c5)C[C@@H]4C3)C2C1. The first kappa shape index (κ1) is 18.8. The van der Waals surface area contributed by atoms with Crippen molar-refractivity contribution in [2.24, 2.45) is 29.6 Å². The Balaban J connectivity index is 1.02. The number of nitrogens with one attached hydrogen (secondary N) is 1. The number of hydrogen-bond donors (Lipinski definition) is 1. The van der Waals surface area contributed by atoms with Gasteiger partial charge in [-0.15, -0.1) is 5.10 Å². The van der Waals surface area contributed by atoms with Crippen molar-refractivity contribution in [3.63, 3.8) is 0 Å². The fourth-order valence-corrected chi connectivity index (χ4v) is 5.80. The van der Waals surface area contributed by atoms with Gasteiger partial charge in [0.1, 0.15) is 12.1 Å². The second kappa shape index (κ2) is 7.07. The van der Waals surface area contributed by atoms with Crippen LogP contribution in [-0.2, 0) is 4.74 Å². The molecule has 0 spiro atoms. The van der Waals surface area contributed by atoms with Crippen LogP contribution in [0.4, 0.5) is 4.79 Å². The van der Waals surface area contributed by atoms with Crippen molar-refractivity contribution in [2.45, 2.75) is 19.8 Å². The summed E-state index contributed by atoms with van der Waals surface area (Å²) in [5.74, 6) is 2.50. The van der Waals surface area contributed by atoms with Crippen molar-refractivity contribution < 1.29 is 14.3 Å². The highest BCUT2D eigenvalue weighted by Crippen LogP contribution is 2.53. The van der Waals surface area contributed by atoms with Gasteiger partial charge in [0.15, 0.2) is 0 Å². The van der Waals surface area contributed by atoms with Crippen molar-refractivity contribution in [3.8, 4) is 0 Å². The molecule has 6 rings (SSSR count). The number of hydrogen-bond acceptors (Lipinski definition) is 5. The first-order chi connectivity index (χ1) is 15.1. The number of likely N-dealkylation sites (tertiary alicyclic amines) is 2. The molecule has 2 aliphatic carbocycles. The molecule has 5 atom stereocenters. The number of rotatable bonds is 3. The summed E-state index contributed by atoms with van der Waals surface area (Å²) in [6.07, 6.45) is 4.55. The van der Waals surface area contributed by atoms with E-state index in [1.807, 2.05) is 21.9 Å². The summed E-state index contributed by atoms with van der Waals surface area (Å²) in [6, 6.07) is 5.43. The van der Waals surface area contributed by atoms with E-state index in [-0.39, 0.29) is 12.0 Å². The number of benzene rings is 1. The number of carbonyl (C=O) groups excluding carboxylic acids is 2. The van der Waals surface area contributed by atoms with Crippen LogP contribution in [0.2, 0.25) is 0 Å². The minimum Gasteiger partial charge on any atom is -0.449 e. The lowest BCUT2D eigenvalue weighted by molar-refractivity contribution is 0.0765. The molecule has 8 nitrogen and oxygen atoms in total. The summed E-state index contributed by atoms with van der Waals surface area (Å²) in [5, 5.41) is 10.6. The van der Waals surface area contributed by atoms with Crippen molar-refractivity contribution in [2.75, 3.05) is 32.8 Å². The maximum absolute atomic E-state index is 12.9. The molecule has 1 aromatic carbocycles. The molecule has 1 aromatic heterocycles. The van der Waals surface area contributed by atoms with Crippen LogP contribution >= 0.6 is 0 Å². The topological polar surface area (TPSA) is 91.4 Å². The van der Waals surface area contributed by atoms with Gasteiger partial charge >= 0.3 is 6.09 Å². The van der Waals surface area contributed by atoms with E-state index in [0.717, 1.165) is 17.9 Å². The molecular formula is C23H27N5O3. The summed E-state index contributed by atoms with van der Waals surface area (Å²) in [5.41, 5.74) is 3.65. The predicted molar refractivity (Wildman–Crippen MR) is 113 cm³/mol. The number of aromatic nitrogens is 3. The van der Waals surface area contributed by atoms with Gasteiger partial charge in [0.05, 0.1) is 5.52 Å². The molecule has 2 saturated heterocycles. The van der Waals surface area contributed by atoms with Crippen LogP contribution < -0.4 is 0 Å². The smallest absolute Gasteiger partial charge is 0.409 e. The standard InChI is InChI=1S/C23H27N5O3/c1-13-2-4-17-18(6-13)19(17)12-31-23(30)28-10-15-8-27(9-16(15)11-28)22(29)14-3-5-20-21(7-14)25-26-24-20/h3-5,7,13,15-16,18-19H,2,6,8-12H2,1H3,(H,24,25,26)/t13?,15-,16+,18?,19?. The quantitative estimate of drug-likeness (QED) is 0.770. The van der Waals surface area contributed by atoms with Gasteiger partial charge in [-0.2, -0.15) is 0 Å². The summed E-state index contributed by atoms with van der Waals surface area (Å²) in [4.78, 5) is 29.3. The van der Waals surface area contributed by atoms with E-state index in [2.05, 4.69) is 28.4 Å². The summed E-state index contributed by atoms with van der Waals surface area (Å²) >= 11 is 0. The summed E-state index contributed by atoms with van der Waals surface area (Å²) < 4.78 is 5.67.